The molecule has 4 heteroatoms. The number of methoxy groups -OCH3 is 1. The van der Waals surface area contributed by atoms with Crippen molar-refractivity contribution in [1.82, 2.24) is 0 Å². The molecule has 2 N–H and O–H groups in total. The van der Waals surface area contributed by atoms with Crippen LogP contribution in [0.5, 0.6) is 5.75 Å². The molecule has 22 heavy (non-hydrogen) atoms. The number of hydrogen-bond donors (Lipinski definition) is 1. The monoisotopic (exact) mass is 311 g/mol. The number of fused-ring (bicyclic) bond motifs is 1. The zero-order valence-electron chi connectivity index (χ0n) is 14.6. The van der Waals surface area contributed by atoms with Gasteiger partial charge in [0.25, 0.3) is 0 Å². The highest BCUT2D eigenvalue weighted by atomic mass is 19.1. The SMILES string of the molecule is CC.CC.COc1c(F)cc(F)c2cc(N)cc(C(C)C)c12. The third kappa shape index (κ3) is 4.09. The van der Waals surface area contributed by atoms with E-state index in [0.29, 0.717) is 11.1 Å². The van der Waals surface area contributed by atoms with Crippen molar-refractivity contribution in [1.29, 1.82) is 0 Å². The molecule has 0 saturated heterocycles. The van der Waals surface area contributed by atoms with Crippen LogP contribution in [-0.4, -0.2) is 7.11 Å². The van der Waals surface area contributed by atoms with Crippen molar-refractivity contribution in [3.63, 3.8) is 0 Å². The predicted octanol–water partition coefficient (Wildman–Crippen LogP) is 5.88. The topological polar surface area (TPSA) is 35.2 Å². The van der Waals surface area contributed by atoms with Crippen LogP contribution < -0.4 is 10.5 Å². The lowest BCUT2D eigenvalue weighted by Crippen LogP contribution is -1.99. The maximum absolute atomic E-state index is 13.8. The third-order valence-electron chi connectivity index (χ3n) is 2.97. The molecule has 2 nitrogen and oxygen atoms in total. The van der Waals surface area contributed by atoms with E-state index in [1.54, 1.807) is 6.07 Å². The van der Waals surface area contributed by atoms with Crippen LogP contribution >= 0.6 is 0 Å². The van der Waals surface area contributed by atoms with Crippen molar-refractivity contribution in [2.45, 2.75) is 47.5 Å². The second-order valence-corrected chi connectivity index (χ2v) is 4.56. The van der Waals surface area contributed by atoms with Crippen LogP contribution in [-0.2, 0) is 0 Å². The van der Waals surface area contributed by atoms with Crippen LogP contribution in [0.15, 0.2) is 18.2 Å². The summed E-state index contributed by atoms with van der Waals surface area (Å²) in [5.41, 5.74) is 6.99. The van der Waals surface area contributed by atoms with Gasteiger partial charge in [-0.15, -0.1) is 0 Å². The summed E-state index contributed by atoms with van der Waals surface area (Å²) >= 11 is 0. The predicted molar refractivity (Wildman–Crippen MR) is 91.6 cm³/mol. The van der Waals surface area contributed by atoms with Crippen LogP contribution in [0.1, 0.15) is 53.0 Å². The van der Waals surface area contributed by atoms with Crippen molar-refractivity contribution in [3.05, 3.63) is 35.4 Å². The summed E-state index contributed by atoms with van der Waals surface area (Å²) in [6, 6.07) is 4.05. The van der Waals surface area contributed by atoms with Gasteiger partial charge < -0.3 is 10.5 Å². The third-order valence-corrected chi connectivity index (χ3v) is 2.97. The highest BCUT2D eigenvalue weighted by molar-refractivity contribution is 5.94. The Kier molecular flexibility index (Phi) is 8.46. The van der Waals surface area contributed by atoms with E-state index in [9.17, 15) is 8.78 Å². The molecule has 124 valence electrons. The summed E-state index contributed by atoms with van der Waals surface area (Å²) in [5, 5.41) is 0.746. The smallest absolute Gasteiger partial charge is 0.168 e. The summed E-state index contributed by atoms with van der Waals surface area (Å²) < 4.78 is 32.6. The molecule has 0 aliphatic carbocycles. The molecular weight excluding hydrogens is 284 g/mol. The van der Waals surface area contributed by atoms with Gasteiger partial charge in [-0.3, -0.25) is 0 Å². The normalized spacial score (nSPS) is 9.73. The van der Waals surface area contributed by atoms with E-state index in [1.807, 2.05) is 41.5 Å². The Morgan fingerprint density at radius 3 is 1.95 bits per heavy atom. The number of ether oxygens (including phenoxy) is 1. The highest BCUT2D eigenvalue weighted by Crippen LogP contribution is 2.38. The minimum absolute atomic E-state index is 0.0649. The first-order chi connectivity index (χ1) is 10.5. The number of hydrogen-bond acceptors (Lipinski definition) is 2. The lowest BCUT2D eigenvalue weighted by atomic mass is 9.94. The average molecular weight is 311 g/mol. The summed E-state index contributed by atoms with van der Waals surface area (Å²) in [4.78, 5) is 0. The molecular formula is C18H27F2NO. The maximum atomic E-state index is 13.8. The van der Waals surface area contributed by atoms with Gasteiger partial charge in [-0.2, -0.15) is 0 Å². The molecule has 0 spiro atoms. The van der Waals surface area contributed by atoms with Crippen molar-refractivity contribution in [3.8, 4) is 5.75 Å². The number of anilines is 1. The fourth-order valence-electron chi connectivity index (χ4n) is 2.16. The molecule has 0 atom stereocenters. The Hall–Kier alpha value is -1.84. The van der Waals surface area contributed by atoms with E-state index in [2.05, 4.69) is 0 Å². The molecule has 0 unspecified atom stereocenters. The largest absolute Gasteiger partial charge is 0.493 e. The number of rotatable bonds is 2. The fraction of sp³-hybridized carbons (Fsp3) is 0.444. The average Bonchev–Trinajstić information content (AvgIpc) is 2.51. The zero-order chi connectivity index (χ0) is 17.4. The molecule has 2 rings (SSSR count). The molecule has 0 radical (unpaired) electrons. The van der Waals surface area contributed by atoms with E-state index >= 15 is 0 Å². The van der Waals surface area contributed by atoms with Gasteiger partial charge in [-0.05, 0) is 23.6 Å². The highest BCUT2D eigenvalue weighted by Gasteiger charge is 2.18. The molecule has 0 aliphatic rings. The number of nitrogens with two attached hydrogens (primary N) is 1. The van der Waals surface area contributed by atoms with E-state index in [4.69, 9.17) is 10.5 Å². The van der Waals surface area contributed by atoms with Crippen molar-refractivity contribution in [2.75, 3.05) is 12.8 Å². The summed E-state index contributed by atoms with van der Waals surface area (Å²) in [5.74, 6) is -1.17. The minimum atomic E-state index is -0.700. The van der Waals surface area contributed by atoms with Crippen LogP contribution in [0.2, 0.25) is 0 Å². The van der Waals surface area contributed by atoms with Crippen LogP contribution in [0.25, 0.3) is 10.8 Å². The first kappa shape index (κ1) is 20.2. The summed E-state index contributed by atoms with van der Waals surface area (Å²) in [6.07, 6.45) is 0. The van der Waals surface area contributed by atoms with Crippen molar-refractivity contribution < 1.29 is 13.5 Å². The van der Waals surface area contributed by atoms with Crippen LogP contribution in [0.3, 0.4) is 0 Å². The summed E-state index contributed by atoms with van der Waals surface area (Å²) in [6.45, 7) is 11.9. The molecule has 0 saturated carbocycles. The van der Waals surface area contributed by atoms with E-state index in [1.165, 1.54) is 13.2 Å². The standard InChI is InChI=1S/C14H15F2NO.2C2H6/c1-7(2)9-4-8(17)5-10-11(15)6-12(16)14(18-3)13(9)10;2*1-2/h4-7H,17H2,1-3H3;2*1-2H3. The lowest BCUT2D eigenvalue weighted by Gasteiger charge is -2.15. The number of benzene rings is 2. The van der Waals surface area contributed by atoms with Crippen LogP contribution in [0, 0.1) is 11.6 Å². The quantitative estimate of drug-likeness (QED) is 0.702. The fourth-order valence-corrected chi connectivity index (χ4v) is 2.16. The van der Waals surface area contributed by atoms with E-state index in [-0.39, 0.29) is 17.1 Å². The van der Waals surface area contributed by atoms with Gasteiger partial charge in [-0.1, -0.05) is 41.5 Å². The Labute approximate surface area is 132 Å². The first-order valence-corrected chi connectivity index (χ1v) is 7.70. The number of halogens is 2. The van der Waals surface area contributed by atoms with Gasteiger partial charge in [0.15, 0.2) is 11.6 Å². The van der Waals surface area contributed by atoms with Gasteiger partial charge in [0, 0.05) is 22.5 Å². The maximum Gasteiger partial charge on any atom is 0.168 e. The van der Waals surface area contributed by atoms with Crippen molar-refractivity contribution in [2.24, 2.45) is 0 Å². The van der Waals surface area contributed by atoms with Gasteiger partial charge in [0.1, 0.15) is 5.82 Å². The summed E-state index contributed by atoms with van der Waals surface area (Å²) in [7, 11) is 1.37. The van der Waals surface area contributed by atoms with Gasteiger partial charge >= 0.3 is 0 Å². The van der Waals surface area contributed by atoms with Gasteiger partial charge in [0.05, 0.1) is 7.11 Å². The minimum Gasteiger partial charge on any atom is -0.493 e. The first-order valence-electron chi connectivity index (χ1n) is 7.70. The second-order valence-electron chi connectivity index (χ2n) is 4.56. The molecule has 0 amide bonds. The molecule has 2 aromatic carbocycles. The molecule has 0 fully saturated rings. The van der Waals surface area contributed by atoms with Gasteiger partial charge in [-0.25, -0.2) is 8.78 Å². The Balaban J connectivity index is 0.00000102. The van der Waals surface area contributed by atoms with Crippen LogP contribution in [0.4, 0.5) is 14.5 Å². The Morgan fingerprint density at radius 1 is 0.955 bits per heavy atom. The Bertz CT molecular complexity index is 610. The molecule has 2 aromatic rings. The van der Waals surface area contributed by atoms with Gasteiger partial charge in [0.2, 0.25) is 0 Å². The van der Waals surface area contributed by atoms with E-state index < -0.39 is 11.6 Å². The Morgan fingerprint density at radius 2 is 1.50 bits per heavy atom. The van der Waals surface area contributed by atoms with E-state index in [0.717, 1.165) is 11.6 Å². The molecule has 0 aliphatic heterocycles. The lowest BCUT2D eigenvalue weighted by molar-refractivity contribution is 0.389. The zero-order valence-corrected chi connectivity index (χ0v) is 14.6. The molecule has 0 bridgehead atoms. The van der Waals surface area contributed by atoms with Crippen molar-refractivity contribution >= 4 is 16.5 Å². The molecule has 0 aromatic heterocycles. The number of nitrogen functional groups attached to an aromatic ring is 1. The molecule has 0 heterocycles. The second kappa shape index (κ2) is 9.23.